The van der Waals surface area contributed by atoms with Gasteiger partial charge in [0.2, 0.25) is 0 Å². The predicted molar refractivity (Wildman–Crippen MR) is 88.7 cm³/mol. The summed E-state index contributed by atoms with van der Waals surface area (Å²) >= 11 is 0. The van der Waals surface area contributed by atoms with Gasteiger partial charge < -0.3 is 10.0 Å². The average Bonchev–Trinajstić information content (AvgIpc) is 2.53. The van der Waals surface area contributed by atoms with E-state index in [0.717, 1.165) is 12.0 Å². The number of para-hydroxylation sites is 1. The van der Waals surface area contributed by atoms with Crippen LogP contribution in [0.25, 0.3) is 0 Å². The Kier molecular flexibility index (Phi) is 5.59. The summed E-state index contributed by atoms with van der Waals surface area (Å²) in [6.45, 7) is 5.39. The number of phenolic OH excluding ortho intramolecular Hbond substituents is 1. The second kappa shape index (κ2) is 7.64. The van der Waals surface area contributed by atoms with E-state index < -0.39 is 0 Å². The quantitative estimate of drug-likeness (QED) is 0.872. The molecule has 1 N–H and O–H groups in total. The van der Waals surface area contributed by atoms with Crippen molar-refractivity contribution < 1.29 is 9.90 Å². The molecule has 0 aromatic heterocycles. The zero-order valence-corrected chi connectivity index (χ0v) is 13.2. The highest BCUT2D eigenvalue weighted by atomic mass is 16.3. The van der Waals surface area contributed by atoms with Gasteiger partial charge in [0.15, 0.2) is 0 Å². The van der Waals surface area contributed by atoms with Gasteiger partial charge in [-0.2, -0.15) is 0 Å². The Morgan fingerprint density at radius 3 is 2.32 bits per heavy atom. The molecule has 2 rings (SSSR count). The maximum absolute atomic E-state index is 12.7. The summed E-state index contributed by atoms with van der Waals surface area (Å²) in [5, 5.41) is 9.95. The van der Waals surface area contributed by atoms with Gasteiger partial charge >= 0.3 is 0 Å². The number of rotatable bonds is 6. The predicted octanol–water partition coefficient (Wildman–Crippen LogP) is 4.08. The lowest BCUT2D eigenvalue weighted by molar-refractivity contribution is 0.0734. The summed E-state index contributed by atoms with van der Waals surface area (Å²) in [4.78, 5) is 14.5. The Morgan fingerprint density at radius 2 is 1.68 bits per heavy atom. The molecule has 0 saturated heterocycles. The van der Waals surface area contributed by atoms with Crippen LogP contribution in [0, 0.1) is 5.92 Å². The van der Waals surface area contributed by atoms with E-state index in [2.05, 4.69) is 13.8 Å². The highest BCUT2D eigenvalue weighted by Crippen LogP contribution is 2.20. The fourth-order valence-electron chi connectivity index (χ4n) is 2.28. The van der Waals surface area contributed by atoms with Crippen LogP contribution in [-0.2, 0) is 6.54 Å². The van der Waals surface area contributed by atoms with E-state index in [1.54, 1.807) is 12.1 Å². The highest BCUT2D eigenvalue weighted by Gasteiger charge is 2.17. The summed E-state index contributed by atoms with van der Waals surface area (Å²) in [7, 11) is 0. The van der Waals surface area contributed by atoms with Crippen molar-refractivity contribution in [2.75, 3.05) is 6.54 Å². The first-order chi connectivity index (χ1) is 10.6. The largest absolute Gasteiger partial charge is 0.508 e. The van der Waals surface area contributed by atoms with Crippen molar-refractivity contribution in [3.8, 4) is 5.75 Å². The molecule has 0 aliphatic rings. The first kappa shape index (κ1) is 16.1. The Balaban J connectivity index is 2.19. The van der Waals surface area contributed by atoms with Crippen molar-refractivity contribution in [3.05, 3.63) is 65.7 Å². The molecule has 2 aromatic carbocycles. The number of carbonyl (C=O) groups excluding carboxylic acids is 1. The molecule has 0 radical (unpaired) electrons. The molecule has 1 amide bonds. The molecular weight excluding hydrogens is 274 g/mol. The van der Waals surface area contributed by atoms with Gasteiger partial charge in [0.1, 0.15) is 5.75 Å². The van der Waals surface area contributed by atoms with Gasteiger partial charge in [-0.15, -0.1) is 0 Å². The van der Waals surface area contributed by atoms with E-state index in [-0.39, 0.29) is 11.7 Å². The van der Waals surface area contributed by atoms with Gasteiger partial charge in [-0.3, -0.25) is 4.79 Å². The van der Waals surface area contributed by atoms with Crippen molar-refractivity contribution in [3.63, 3.8) is 0 Å². The van der Waals surface area contributed by atoms with Crippen LogP contribution in [0.3, 0.4) is 0 Å². The highest BCUT2D eigenvalue weighted by molar-refractivity contribution is 5.94. The molecule has 3 heteroatoms. The van der Waals surface area contributed by atoms with E-state index in [9.17, 15) is 9.90 Å². The number of hydrogen-bond donors (Lipinski definition) is 1. The molecule has 22 heavy (non-hydrogen) atoms. The Morgan fingerprint density at radius 1 is 1.05 bits per heavy atom. The molecule has 2 aromatic rings. The first-order valence-corrected chi connectivity index (χ1v) is 7.69. The van der Waals surface area contributed by atoms with Crippen molar-refractivity contribution >= 4 is 5.91 Å². The number of carbonyl (C=O) groups is 1. The van der Waals surface area contributed by atoms with E-state index in [1.807, 2.05) is 47.4 Å². The smallest absolute Gasteiger partial charge is 0.254 e. The zero-order valence-electron chi connectivity index (χ0n) is 13.2. The van der Waals surface area contributed by atoms with E-state index >= 15 is 0 Å². The summed E-state index contributed by atoms with van der Waals surface area (Å²) in [6, 6.07) is 16.5. The summed E-state index contributed by atoms with van der Waals surface area (Å²) < 4.78 is 0. The second-order valence-electron chi connectivity index (χ2n) is 5.90. The maximum Gasteiger partial charge on any atom is 0.254 e. The normalized spacial score (nSPS) is 10.7. The molecule has 0 unspecified atom stereocenters. The Hall–Kier alpha value is -2.29. The van der Waals surface area contributed by atoms with Gasteiger partial charge in [-0.1, -0.05) is 50.2 Å². The minimum atomic E-state index is 0.00417. The van der Waals surface area contributed by atoms with Gasteiger partial charge in [-0.25, -0.2) is 0 Å². The van der Waals surface area contributed by atoms with Crippen molar-refractivity contribution in [2.24, 2.45) is 5.92 Å². The topological polar surface area (TPSA) is 40.5 Å². The second-order valence-corrected chi connectivity index (χ2v) is 5.90. The van der Waals surface area contributed by atoms with Gasteiger partial charge in [-0.05, 0) is 30.5 Å². The number of amides is 1. The van der Waals surface area contributed by atoms with Crippen LogP contribution in [0.2, 0.25) is 0 Å². The maximum atomic E-state index is 12.7. The van der Waals surface area contributed by atoms with Crippen LogP contribution in [-0.4, -0.2) is 22.5 Å². The molecule has 0 aliphatic carbocycles. The first-order valence-electron chi connectivity index (χ1n) is 7.69. The number of aromatic hydroxyl groups is 1. The molecule has 0 heterocycles. The zero-order chi connectivity index (χ0) is 15.9. The van der Waals surface area contributed by atoms with E-state index in [0.29, 0.717) is 24.6 Å². The Labute approximate surface area is 132 Å². The number of hydrogen-bond acceptors (Lipinski definition) is 2. The minimum absolute atomic E-state index is 0.00417. The molecule has 0 fully saturated rings. The van der Waals surface area contributed by atoms with Crippen LogP contribution in [0.4, 0.5) is 0 Å². The Bertz CT molecular complexity index is 608. The molecule has 0 spiro atoms. The number of nitrogens with zero attached hydrogens (tertiary/aromatic N) is 1. The third kappa shape index (κ3) is 4.35. The molecule has 0 aliphatic heterocycles. The minimum Gasteiger partial charge on any atom is -0.508 e. The van der Waals surface area contributed by atoms with E-state index in [1.165, 1.54) is 0 Å². The summed E-state index contributed by atoms with van der Waals surface area (Å²) in [5.41, 5.74) is 1.46. The fourth-order valence-corrected chi connectivity index (χ4v) is 2.28. The SMILES string of the molecule is CC(C)CCN(Cc1ccccc1O)C(=O)c1ccccc1. The fraction of sp³-hybridized carbons (Fsp3) is 0.316. The standard InChI is InChI=1S/C19H23NO2/c1-15(2)12-13-20(14-17-10-6-7-11-18(17)21)19(22)16-8-4-3-5-9-16/h3-11,15,21H,12-14H2,1-2H3. The number of benzene rings is 2. The van der Waals surface area contributed by atoms with Gasteiger partial charge in [0.05, 0.1) is 0 Å². The van der Waals surface area contributed by atoms with Crippen molar-refractivity contribution in [1.82, 2.24) is 4.90 Å². The van der Waals surface area contributed by atoms with Crippen molar-refractivity contribution in [1.29, 1.82) is 0 Å². The number of phenols is 1. The van der Waals surface area contributed by atoms with Gasteiger partial charge in [0, 0.05) is 24.2 Å². The monoisotopic (exact) mass is 297 g/mol. The summed E-state index contributed by atoms with van der Waals surface area (Å²) in [5.74, 6) is 0.762. The van der Waals surface area contributed by atoms with Crippen LogP contribution < -0.4 is 0 Å². The third-order valence-corrected chi connectivity index (χ3v) is 3.64. The lowest BCUT2D eigenvalue weighted by Gasteiger charge is -2.24. The van der Waals surface area contributed by atoms with Crippen LogP contribution >= 0.6 is 0 Å². The third-order valence-electron chi connectivity index (χ3n) is 3.64. The lowest BCUT2D eigenvalue weighted by atomic mass is 10.1. The summed E-state index contributed by atoms with van der Waals surface area (Å²) in [6.07, 6.45) is 0.937. The lowest BCUT2D eigenvalue weighted by Crippen LogP contribution is -2.32. The molecule has 116 valence electrons. The molecule has 0 saturated carbocycles. The molecule has 0 atom stereocenters. The molecular formula is C19H23NO2. The molecule has 0 bridgehead atoms. The van der Waals surface area contributed by atoms with Crippen LogP contribution in [0.1, 0.15) is 36.2 Å². The van der Waals surface area contributed by atoms with Crippen molar-refractivity contribution in [2.45, 2.75) is 26.8 Å². The van der Waals surface area contributed by atoms with E-state index in [4.69, 9.17) is 0 Å². The van der Waals surface area contributed by atoms with Crippen LogP contribution in [0.15, 0.2) is 54.6 Å². The average molecular weight is 297 g/mol. The van der Waals surface area contributed by atoms with Gasteiger partial charge in [0.25, 0.3) is 5.91 Å². The molecule has 3 nitrogen and oxygen atoms in total. The van der Waals surface area contributed by atoms with Crippen LogP contribution in [0.5, 0.6) is 5.75 Å².